The molecule has 1 heterocycles. The molecule has 0 aromatic heterocycles. The van der Waals surface area contributed by atoms with E-state index in [0.717, 1.165) is 11.1 Å². The Balaban J connectivity index is 1.20. The molecule has 0 saturated carbocycles. The number of benzene rings is 5. The van der Waals surface area contributed by atoms with E-state index < -0.39 is 17.1 Å². The van der Waals surface area contributed by atoms with Crippen molar-refractivity contribution in [3.8, 4) is 0 Å². The van der Waals surface area contributed by atoms with Gasteiger partial charge in [-0.1, -0.05) is 103 Å². The number of hydrazone groups is 1. The van der Waals surface area contributed by atoms with Gasteiger partial charge >= 0.3 is 0 Å². The molecular weight excluding hydrogens is 635 g/mol. The average molecular weight is 666 g/mol. The number of amides is 4. The van der Waals surface area contributed by atoms with Crippen molar-refractivity contribution in [2.75, 3.05) is 10.3 Å². The number of para-hydroxylation sites is 1. The highest BCUT2D eigenvalue weighted by Crippen LogP contribution is 2.37. The van der Waals surface area contributed by atoms with Crippen molar-refractivity contribution in [1.29, 1.82) is 0 Å². The maximum atomic E-state index is 13.7. The van der Waals surface area contributed by atoms with Gasteiger partial charge in [-0.05, 0) is 59.7 Å². The maximum Gasteiger partial charge on any atom is 0.272 e. The third-order valence-corrected chi connectivity index (χ3v) is 8.62. The lowest BCUT2D eigenvalue weighted by molar-refractivity contribution is -0.119. The molecule has 1 unspecified atom stereocenters. The lowest BCUT2D eigenvalue weighted by Crippen LogP contribution is -2.33. The van der Waals surface area contributed by atoms with Crippen molar-refractivity contribution < 1.29 is 19.2 Å². The third-order valence-electron chi connectivity index (χ3n) is 7.37. The molecule has 9 nitrogen and oxygen atoms in total. The van der Waals surface area contributed by atoms with Crippen LogP contribution in [-0.4, -0.2) is 29.5 Å². The number of carbonyl (C=O) groups is 4. The minimum absolute atomic E-state index is 0.0338. The quantitative estimate of drug-likeness (QED) is 0.112. The minimum Gasteiger partial charge on any atom is -0.321 e. The monoisotopic (exact) mass is 665 g/mol. The van der Waals surface area contributed by atoms with Crippen LogP contribution in [-0.2, 0) is 14.4 Å². The van der Waals surface area contributed by atoms with Crippen LogP contribution < -0.4 is 21.0 Å². The Hall–Kier alpha value is -6.26. The highest BCUT2D eigenvalue weighted by molar-refractivity contribution is 8.00. The molecule has 1 aliphatic heterocycles. The lowest BCUT2D eigenvalue weighted by Gasteiger charge is -2.17. The van der Waals surface area contributed by atoms with Gasteiger partial charge in [-0.2, -0.15) is 10.1 Å². The van der Waals surface area contributed by atoms with Crippen LogP contribution in [0.4, 0.5) is 11.4 Å². The zero-order chi connectivity index (χ0) is 34.0. The van der Waals surface area contributed by atoms with E-state index in [1.165, 1.54) is 16.8 Å². The van der Waals surface area contributed by atoms with Crippen LogP contribution in [0.15, 0.2) is 161 Å². The summed E-state index contributed by atoms with van der Waals surface area (Å²) in [5.74, 6) is -1.26. The van der Waals surface area contributed by atoms with E-state index >= 15 is 0 Å². The largest absolute Gasteiger partial charge is 0.321 e. The Kier molecular flexibility index (Phi) is 10.4. The second kappa shape index (κ2) is 15.6. The lowest BCUT2D eigenvalue weighted by atomic mass is 10.1. The van der Waals surface area contributed by atoms with Crippen molar-refractivity contribution in [3.05, 3.63) is 168 Å². The smallest absolute Gasteiger partial charge is 0.272 e. The molecule has 0 saturated heterocycles. The second-order valence-electron chi connectivity index (χ2n) is 10.9. The normalized spacial score (nSPS) is 13.3. The average Bonchev–Trinajstić information content (AvgIpc) is 3.51. The number of anilines is 2. The third kappa shape index (κ3) is 8.56. The van der Waals surface area contributed by atoms with Crippen molar-refractivity contribution >= 4 is 58.7 Å². The van der Waals surface area contributed by atoms with E-state index in [9.17, 15) is 19.2 Å². The van der Waals surface area contributed by atoms with Crippen LogP contribution in [0.1, 0.15) is 33.2 Å². The second-order valence-corrected chi connectivity index (χ2v) is 12.1. The summed E-state index contributed by atoms with van der Waals surface area (Å²) in [5.41, 5.74) is 3.06. The number of nitrogens with zero attached hydrogens (tertiary/aromatic N) is 2. The van der Waals surface area contributed by atoms with Gasteiger partial charge in [-0.15, -0.1) is 11.8 Å². The number of hydrogen-bond donors (Lipinski definition) is 3. The molecule has 5 aromatic carbocycles. The maximum absolute atomic E-state index is 13.7. The summed E-state index contributed by atoms with van der Waals surface area (Å²) in [4.78, 5) is 53.7. The Bertz CT molecular complexity index is 2020. The van der Waals surface area contributed by atoms with E-state index in [2.05, 4.69) is 21.1 Å². The number of carbonyl (C=O) groups excluding carboxylic acids is 4. The highest BCUT2D eigenvalue weighted by Gasteiger charge is 2.29. The number of amidine groups is 1. The molecule has 5 aromatic rings. The zero-order valence-electron chi connectivity index (χ0n) is 26.2. The van der Waals surface area contributed by atoms with E-state index in [1.807, 2.05) is 91.0 Å². The number of hydrogen-bond acceptors (Lipinski definition) is 6. The van der Waals surface area contributed by atoms with Gasteiger partial charge in [0, 0.05) is 16.1 Å². The predicted molar refractivity (Wildman–Crippen MR) is 193 cm³/mol. The van der Waals surface area contributed by atoms with Gasteiger partial charge < -0.3 is 16.0 Å². The van der Waals surface area contributed by atoms with Gasteiger partial charge in [-0.25, -0.2) is 0 Å². The van der Waals surface area contributed by atoms with Crippen LogP contribution in [0.3, 0.4) is 0 Å². The fourth-order valence-electron chi connectivity index (χ4n) is 5.02. The van der Waals surface area contributed by atoms with E-state index in [4.69, 9.17) is 0 Å². The summed E-state index contributed by atoms with van der Waals surface area (Å²) in [6.07, 6.45) is 1.58. The fraction of sp³-hybridized carbons (Fsp3) is 0.0513. The van der Waals surface area contributed by atoms with Gasteiger partial charge in [0.05, 0.1) is 12.1 Å². The SMILES string of the molecule is O=C(Nc1cccc(SC(C(=O)NC2=NN(c3ccccc3)C(=O)C2)c2ccccc2)c1)/C(=C/c1ccccc1)NC(=O)c1ccccc1. The van der Waals surface area contributed by atoms with Crippen molar-refractivity contribution in [2.45, 2.75) is 16.6 Å². The molecule has 1 aliphatic rings. The van der Waals surface area contributed by atoms with Crippen molar-refractivity contribution in [1.82, 2.24) is 10.6 Å². The Morgan fingerprint density at radius 3 is 2.06 bits per heavy atom. The number of nitrogens with one attached hydrogen (secondary N) is 3. The van der Waals surface area contributed by atoms with Crippen molar-refractivity contribution in [3.63, 3.8) is 0 Å². The van der Waals surface area contributed by atoms with Crippen LogP contribution in [0.25, 0.3) is 6.08 Å². The predicted octanol–water partition coefficient (Wildman–Crippen LogP) is 6.80. The molecule has 0 aliphatic carbocycles. The summed E-state index contributed by atoms with van der Waals surface area (Å²) >= 11 is 1.29. The Morgan fingerprint density at radius 2 is 1.37 bits per heavy atom. The first-order valence-corrected chi connectivity index (χ1v) is 16.3. The van der Waals surface area contributed by atoms with E-state index in [-0.39, 0.29) is 29.8 Å². The summed E-state index contributed by atoms with van der Waals surface area (Å²) in [6.45, 7) is 0. The van der Waals surface area contributed by atoms with Crippen molar-refractivity contribution in [2.24, 2.45) is 5.10 Å². The molecule has 3 N–H and O–H groups in total. The van der Waals surface area contributed by atoms with Crippen LogP contribution >= 0.6 is 11.8 Å². The molecule has 1 atom stereocenters. The van der Waals surface area contributed by atoms with Gasteiger partial charge in [0.2, 0.25) is 5.91 Å². The van der Waals surface area contributed by atoms with Gasteiger partial charge in [-0.3, -0.25) is 19.2 Å². The zero-order valence-corrected chi connectivity index (χ0v) is 27.0. The standard InChI is InChI=1S/C39H31N5O4S/c45-35-26-34(43-44(35)31-21-11-4-12-22-31)42-39(48)36(28-16-7-2-8-17-28)49-32-23-13-20-30(25-32)40-38(47)33(24-27-14-5-1-6-15-27)41-37(46)29-18-9-3-10-19-29/h1-25,36H,26H2,(H,40,47)(H,41,46)(H,42,43,48)/b33-24-. The molecule has 0 bridgehead atoms. The molecule has 0 fully saturated rings. The summed E-state index contributed by atoms with van der Waals surface area (Å²) in [5, 5.41) is 13.5. The fourth-order valence-corrected chi connectivity index (χ4v) is 6.10. The molecule has 0 radical (unpaired) electrons. The molecular formula is C39H31N5O4S. The first-order chi connectivity index (χ1) is 23.9. The van der Waals surface area contributed by atoms with Gasteiger partial charge in [0.25, 0.3) is 17.7 Å². The Morgan fingerprint density at radius 1 is 0.735 bits per heavy atom. The molecule has 10 heteroatoms. The number of rotatable bonds is 10. The topological polar surface area (TPSA) is 120 Å². The van der Waals surface area contributed by atoms with Crippen LogP contribution in [0.5, 0.6) is 0 Å². The first-order valence-electron chi connectivity index (χ1n) is 15.5. The summed E-state index contributed by atoms with van der Waals surface area (Å²) < 4.78 is 0. The first kappa shape index (κ1) is 32.7. The van der Waals surface area contributed by atoms with Crippen LogP contribution in [0, 0.1) is 0 Å². The molecule has 49 heavy (non-hydrogen) atoms. The highest BCUT2D eigenvalue weighted by atomic mass is 32.2. The summed E-state index contributed by atoms with van der Waals surface area (Å²) in [6, 6.07) is 43.3. The molecule has 242 valence electrons. The number of thioether (sulfide) groups is 1. The molecule has 6 rings (SSSR count). The van der Waals surface area contributed by atoms with Crippen LogP contribution in [0.2, 0.25) is 0 Å². The van der Waals surface area contributed by atoms with Gasteiger partial charge in [0.1, 0.15) is 16.8 Å². The van der Waals surface area contributed by atoms with E-state index in [0.29, 0.717) is 21.8 Å². The molecule has 4 amide bonds. The molecule has 0 spiro atoms. The Labute approximate surface area is 287 Å². The minimum atomic E-state index is -0.700. The van der Waals surface area contributed by atoms with E-state index in [1.54, 1.807) is 60.7 Å². The van der Waals surface area contributed by atoms with Gasteiger partial charge in [0.15, 0.2) is 0 Å². The summed E-state index contributed by atoms with van der Waals surface area (Å²) in [7, 11) is 0.